The summed E-state index contributed by atoms with van der Waals surface area (Å²) in [6, 6.07) is 8.69. The van der Waals surface area contributed by atoms with Gasteiger partial charge in [-0.2, -0.15) is 0 Å². The maximum Gasteiger partial charge on any atom is 0.146 e. The van der Waals surface area contributed by atoms with E-state index in [2.05, 4.69) is 62.8 Å². The quantitative estimate of drug-likeness (QED) is 0.860. The average Bonchev–Trinajstić information content (AvgIpc) is 3.06. The number of piperidine rings is 2. The van der Waals surface area contributed by atoms with E-state index in [4.69, 9.17) is 0 Å². The van der Waals surface area contributed by atoms with Crippen molar-refractivity contribution in [2.75, 3.05) is 26.2 Å². The molecule has 0 amide bonds. The zero-order valence-electron chi connectivity index (χ0n) is 17.2. The van der Waals surface area contributed by atoms with Gasteiger partial charge in [0, 0.05) is 39.1 Å². The second-order valence-corrected chi connectivity index (χ2v) is 8.54. The van der Waals surface area contributed by atoms with Gasteiger partial charge in [-0.1, -0.05) is 24.3 Å². The first-order valence-corrected chi connectivity index (χ1v) is 10.7. The van der Waals surface area contributed by atoms with Crippen LogP contribution in [0, 0.1) is 6.92 Å². The molecule has 2 fully saturated rings. The second-order valence-electron chi connectivity index (χ2n) is 8.54. The molecule has 0 aliphatic carbocycles. The van der Waals surface area contributed by atoms with Crippen LogP contribution in [0.25, 0.3) is 0 Å². The Balaban J connectivity index is 1.40. The van der Waals surface area contributed by atoms with Crippen molar-refractivity contribution >= 4 is 0 Å². The summed E-state index contributed by atoms with van der Waals surface area (Å²) in [4.78, 5) is 4.95. The van der Waals surface area contributed by atoms with Crippen molar-refractivity contribution in [3.63, 3.8) is 0 Å². The van der Waals surface area contributed by atoms with E-state index in [1.807, 2.05) is 0 Å². The number of aliphatic hydroxyl groups is 1. The molecule has 2 saturated heterocycles. The zero-order valence-corrected chi connectivity index (χ0v) is 17.2. The lowest BCUT2D eigenvalue weighted by atomic mass is 9.96. The van der Waals surface area contributed by atoms with Crippen molar-refractivity contribution in [2.24, 2.45) is 7.05 Å². The molecular weight excluding hydrogens is 350 g/mol. The van der Waals surface area contributed by atoms with Crippen molar-refractivity contribution in [3.05, 3.63) is 47.0 Å². The van der Waals surface area contributed by atoms with Crippen LogP contribution in [0.4, 0.5) is 0 Å². The summed E-state index contributed by atoms with van der Waals surface area (Å²) < 4.78 is 2.22. The fourth-order valence-electron chi connectivity index (χ4n) is 4.58. The van der Waals surface area contributed by atoms with Crippen LogP contribution in [0.5, 0.6) is 0 Å². The molecule has 1 atom stereocenters. The van der Waals surface area contributed by atoms with Gasteiger partial charge in [0.2, 0.25) is 0 Å². The summed E-state index contributed by atoms with van der Waals surface area (Å²) in [5.41, 5.74) is 2.80. The monoisotopic (exact) mass is 383 g/mol. The Hall–Kier alpha value is -1.76. The lowest BCUT2D eigenvalue weighted by Crippen LogP contribution is -2.36. The van der Waals surface area contributed by atoms with Gasteiger partial charge >= 0.3 is 0 Å². The highest BCUT2D eigenvalue weighted by Crippen LogP contribution is 2.27. The Morgan fingerprint density at radius 3 is 2.57 bits per heavy atom. The molecule has 0 saturated carbocycles. The first-order chi connectivity index (χ1) is 13.6. The first kappa shape index (κ1) is 19.6. The molecular formula is C22H33N5O. The molecule has 2 aromatic rings. The molecule has 2 aliphatic heterocycles. The summed E-state index contributed by atoms with van der Waals surface area (Å²) in [6.45, 7) is 8.14. The maximum absolute atomic E-state index is 9.71. The molecule has 3 heterocycles. The number of rotatable bonds is 5. The van der Waals surface area contributed by atoms with Gasteiger partial charge in [-0.25, -0.2) is 0 Å². The molecule has 2 aliphatic rings. The standard InChI is InChI=1S/C22H33N5O/c1-17-6-3-4-7-18(17)14-27-11-5-8-19(15-27)22-24-23-21(25(22)2)16-26-12-9-20(28)10-13-26/h3-4,6-7,19-20,28H,5,8-16H2,1-2H3/t19-/m0/s1. The summed E-state index contributed by atoms with van der Waals surface area (Å²) in [6.07, 6.45) is 3.99. The third-order valence-corrected chi connectivity index (χ3v) is 6.45. The van der Waals surface area contributed by atoms with Gasteiger partial charge in [0.15, 0.2) is 0 Å². The molecule has 28 heavy (non-hydrogen) atoms. The molecule has 152 valence electrons. The fraction of sp³-hybridized carbons (Fsp3) is 0.636. The lowest BCUT2D eigenvalue weighted by Gasteiger charge is -2.32. The topological polar surface area (TPSA) is 57.4 Å². The van der Waals surface area contributed by atoms with E-state index in [0.717, 1.165) is 63.8 Å². The van der Waals surface area contributed by atoms with Crippen LogP contribution in [0.15, 0.2) is 24.3 Å². The first-order valence-electron chi connectivity index (χ1n) is 10.7. The minimum absolute atomic E-state index is 0.132. The van der Waals surface area contributed by atoms with E-state index in [1.54, 1.807) is 0 Å². The Morgan fingerprint density at radius 2 is 1.79 bits per heavy atom. The van der Waals surface area contributed by atoms with E-state index in [9.17, 15) is 5.11 Å². The smallest absolute Gasteiger partial charge is 0.146 e. The highest BCUT2D eigenvalue weighted by atomic mass is 16.3. The van der Waals surface area contributed by atoms with Crippen LogP contribution in [-0.4, -0.2) is 62.0 Å². The normalized spacial score (nSPS) is 22.6. The van der Waals surface area contributed by atoms with Crippen LogP contribution in [0.2, 0.25) is 0 Å². The average molecular weight is 384 g/mol. The molecule has 0 spiro atoms. The van der Waals surface area contributed by atoms with Gasteiger partial charge in [0.1, 0.15) is 11.6 Å². The van der Waals surface area contributed by atoms with Crippen molar-refractivity contribution in [1.82, 2.24) is 24.6 Å². The van der Waals surface area contributed by atoms with Crippen molar-refractivity contribution in [1.29, 1.82) is 0 Å². The van der Waals surface area contributed by atoms with Gasteiger partial charge in [-0.3, -0.25) is 9.80 Å². The van der Waals surface area contributed by atoms with E-state index >= 15 is 0 Å². The van der Waals surface area contributed by atoms with Crippen molar-refractivity contribution in [3.8, 4) is 0 Å². The van der Waals surface area contributed by atoms with E-state index in [1.165, 1.54) is 24.0 Å². The minimum Gasteiger partial charge on any atom is -0.393 e. The predicted octanol–water partition coefficient (Wildman–Crippen LogP) is 2.46. The summed E-state index contributed by atoms with van der Waals surface area (Å²) in [5.74, 6) is 2.62. The van der Waals surface area contributed by atoms with Crippen LogP contribution in [0.3, 0.4) is 0 Å². The summed E-state index contributed by atoms with van der Waals surface area (Å²) in [5, 5.41) is 18.8. The molecule has 1 aromatic heterocycles. The highest BCUT2D eigenvalue weighted by molar-refractivity contribution is 5.25. The van der Waals surface area contributed by atoms with Crippen LogP contribution < -0.4 is 0 Å². The van der Waals surface area contributed by atoms with Crippen molar-refractivity contribution < 1.29 is 5.11 Å². The minimum atomic E-state index is -0.132. The maximum atomic E-state index is 9.71. The summed E-state index contributed by atoms with van der Waals surface area (Å²) >= 11 is 0. The summed E-state index contributed by atoms with van der Waals surface area (Å²) in [7, 11) is 2.11. The Labute approximate surface area is 168 Å². The molecule has 4 rings (SSSR count). The molecule has 6 heteroatoms. The Morgan fingerprint density at radius 1 is 1.00 bits per heavy atom. The molecule has 0 radical (unpaired) electrons. The number of aryl methyl sites for hydroxylation is 1. The largest absolute Gasteiger partial charge is 0.393 e. The fourth-order valence-corrected chi connectivity index (χ4v) is 4.58. The van der Waals surface area contributed by atoms with E-state index < -0.39 is 0 Å². The van der Waals surface area contributed by atoms with Crippen molar-refractivity contribution in [2.45, 2.75) is 57.7 Å². The number of benzene rings is 1. The third-order valence-electron chi connectivity index (χ3n) is 6.45. The van der Waals surface area contributed by atoms with Gasteiger partial charge in [-0.15, -0.1) is 10.2 Å². The SMILES string of the molecule is Cc1ccccc1CN1CCC[C@H](c2nnc(CN3CCC(O)CC3)n2C)C1. The Kier molecular flexibility index (Phi) is 6.09. The molecule has 0 bridgehead atoms. The number of nitrogens with zero attached hydrogens (tertiary/aromatic N) is 5. The van der Waals surface area contributed by atoms with Gasteiger partial charge < -0.3 is 9.67 Å². The number of hydrogen-bond donors (Lipinski definition) is 1. The predicted molar refractivity (Wildman–Crippen MR) is 110 cm³/mol. The van der Waals surface area contributed by atoms with E-state index in [0.29, 0.717) is 5.92 Å². The highest BCUT2D eigenvalue weighted by Gasteiger charge is 2.27. The van der Waals surface area contributed by atoms with Crippen LogP contribution >= 0.6 is 0 Å². The Bertz CT molecular complexity index is 781. The van der Waals surface area contributed by atoms with Gasteiger partial charge in [-0.05, 0) is 50.3 Å². The van der Waals surface area contributed by atoms with E-state index in [-0.39, 0.29) is 6.10 Å². The van der Waals surface area contributed by atoms with Crippen LogP contribution in [-0.2, 0) is 20.1 Å². The second kappa shape index (κ2) is 8.72. The molecule has 1 N–H and O–H groups in total. The third kappa shape index (κ3) is 4.45. The van der Waals surface area contributed by atoms with Crippen LogP contribution in [0.1, 0.15) is 54.4 Å². The van der Waals surface area contributed by atoms with Gasteiger partial charge in [0.25, 0.3) is 0 Å². The number of aromatic nitrogens is 3. The van der Waals surface area contributed by atoms with Gasteiger partial charge in [0.05, 0.1) is 12.6 Å². The molecule has 1 aromatic carbocycles. The zero-order chi connectivity index (χ0) is 19.5. The number of aliphatic hydroxyl groups excluding tert-OH is 1. The lowest BCUT2D eigenvalue weighted by molar-refractivity contribution is 0.0775. The number of likely N-dealkylation sites (tertiary alicyclic amines) is 2. The molecule has 0 unspecified atom stereocenters. The molecule has 6 nitrogen and oxygen atoms in total. The number of hydrogen-bond acceptors (Lipinski definition) is 5.